The highest BCUT2D eigenvalue weighted by Crippen LogP contribution is 2.32. The van der Waals surface area contributed by atoms with Crippen molar-refractivity contribution in [2.24, 2.45) is 0 Å². The van der Waals surface area contributed by atoms with Gasteiger partial charge in [-0.2, -0.15) is 0 Å². The first kappa shape index (κ1) is 22.5. The molecule has 0 saturated heterocycles. The van der Waals surface area contributed by atoms with Crippen LogP contribution in [0.15, 0.2) is 24.2 Å². The van der Waals surface area contributed by atoms with E-state index < -0.39 is 0 Å². The number of fused-ring (bicyclic) bond motifs is 1. The third kappa shape index (κ3) is 4.77. The molecule has 1 aromatic carbocycles. The minimum atomic E-state index is -0.199. The summed E-state index contributed by atoms with van der Waals surface area (Å²) in [7, 11) is 0. The predicted octanol–water partition coefficient (Wildman–Crippen LogP) is 3.90. The molecule has 1 amide bonds. The quantitative estimate of drug-likeness (QED) is 0.673. The molecule has 2 aromatic rings. The van der Waals surface area contributed by atoms with Gasteiger partial charge in [0.1, 0.15) is 19.5 Å². The van der Waals surface area contributed by atoms with E-state index in [4.69, 9.17) is 14.5 Å². The zero-order valence-electron chi connectivity index (χ0n) is 16.9. The molecule has 154 valence electrons. The highest BCUT2D eigenvalue weighted by molar-refractivity contribution is 7.22. The van der Waals surface area contributed by atoms with E-state index in [9.17, 15) is 4.79 Å². The molecule has 0 atom stereocenters. The molecule has 1 aliphatic heterocycles. The molecule has 0 N–H and O–H groups in total. The first-order valence-corrected chi connectivity index (χ1v) is 10.2. The highest BCUT2D eigenvalue weighted by atomic mass is 35.5. The molecule has 0 spiro atoms. The number of benzene rings is 1. The number of hydrogen-bond donors (Lipinski definition) is 0. The van der Waals surface area contributed by atoms with Crippen LogP contribution in [0.3, 0.4) is 0 Å². The van der Waals surface area contributed by atoms with Gasteiger partial charge in [-0.25, -0.2) is 4.98 Å². The van der Waals surface area contributed by atoms with E-state index >= 15 is 0 Å². The number of anilines is 1. The van der Waals surface area contributed by atoms with E-state index in [-0.39, 0.29) is 24.1 Å². The molecule has 2 heterocycles. The van der Waals surface area contributed by atoms with Gasteiger partial charge in [-0.15, -0.1) is 12.4 Å². The van der Waals surface area contributed by atoms with Crippen molar-refractivity contribution in [3.8, 4) is 0 Å². The topological polar surface area (TPSA) is 54.9 Å². The van der Waals surface area contributed by atoms with Gasteiger partial charge in [0.25, 0.3) is 5.91 Å². The van der Waals surface area contributed by atoms with E-state index in [1.807, 2.05) is 0 Å². The summed E-state index contributed by atoms with van der Waals surface area (Å²) >= 11 is 1.54. The van der Waals surface area contributed by atoms with E-state index in [0.717, 1.165) is 35.4 Å². The fourth-order valence-corrected chi connectivity index (χ4v) is 4.06. The monoisotopic (exact) mass is 425 g/mol. The first-order chi connectivity index (χ1) is 13.0. The number of rotatable bonds is 7. The SMILES string of the molecule is CCN(CC)CCN(C(=O)C1=COCCO1)c1nc2c(C)c(C)ccc2s1.Cl. The number of hydrogen-bond acceptors (Lipinski definition) is 6. The van der Waals surface area contributed by atoms with Crippen LogP contribution >= 0.6 is 23.7 Å². The Hall–Kier alpha value is -1.83. The molecular weight excluding hydrogens is 398 g/mol. The van der Waals surface area contributed by atoms with Crippen LogP contribution in [0.1, 0.15) is 25.0 Å². The second-order valence-electron chi connectivity index (χ2n) is 6.54. The van der Waals surface area contributed by atoms with Crippen LogP contribution in [0.2, 0.25) is 0 Å². The van der Waals surface area contributed by atoms with E-state index in [0.29, 0.717) is 24.9 Å². The average molecular weight is 426 g/mol. The molecule has 8 heteroatoms. The summed E-state index contributed by atoms with van der Waals surface area (Å²) in [4.78, 5) is 21.9. The second kappa shape index (κ2) is 10.1. The van der Waals surface area contributed by atoms with Gasteiger partial charge < -0.3 is 14.4 Å². The fourth-order valence-electron chi connectivity index (χ4n) is 3.01. The molecular formula is C20H28ClN3O3S. The van der Waals surface area contributed by atoms with Crippen molar-refractivity contribution >= 4 is 45.0 Å². The Bertz CT molecular complexity index is 849. The summed E-state index contributed by atoms with van der Waals surface area (Å²) in [5.41, 5.74) is 3.32. The van der Waals surface area contributed by atoms with E-state index in [1.165, 1.54) is 23.2 Å². The molecule has 28 heavy (non-hydrogen) atoms. The Kier molecular flexibility index (Phi) is 8.10. The summed E-state index contributed by atoms with van der Waals surface area (Å²) in [5.74, 6) is 0.0447. The van der Waals surface area contributed by atoms with Crippen LogP contribution in [0.25, 0.3) is 10.2 Å². The third-order valence-corrected chi connectivity index (χ3v) is 5.99. The van der Waals surface area contributed by atoms with Crippen molar-refractivity contribution in [1.82, 2.24) is 9.88 Å². The van der Waals surface area contributed by atoms with Gasteiger partial charge in [-0.05, 0) is 44.1 Å². The van der Waals surface area contributed by atoms with Crippen molar-refractivity contribution in [1.29, 1.82) is 0 Å². The minimum absolute atomic E-state index is 0. The van der Waals surface area contributed by atoms with E-state index in [2.05, 4.69) is 44.7 Å². The molecule has 0 aliphatic carbocycles. The van der Waals surface area contributed by atoms with Gasteiger partial charge >= 0.3 is 0 Å². The van der Waals surface area contributed by atoms with Crippen LogP contribution in [0.4, 0.5) is 5.13 Å². The zero-order chi connectivity index (χ0) is 19.4. The highest BCUT2D eigenvalue weighted by Gasteiger charge is 2.26. The maximum atomic E-state index is 13.1. The van der Waals surface area contributed by atoms with Gasteiger partial charge in [0.05, 0.1) is 10.2 Å². The number of ether oxygens (including phenoxy) is 2. The molecule has 1 aliphatic rings. The maximum Gasteiger partial charge on any atom is 0.298 e. The summed E-state index contributed by atoms with van der Waals surface area (Å²) in [6, 6.07) is 4.17. The lowest BCUT2D eigenvalue weighted by Crippen LogP contribution is -2.40. The molecule has 0 unspecified atom stereocenters. The molecule has 3 rings (SSSR count). The van der Waals surface area contributed by atoms with Crippen LogP contribution < -0.4 is 4.90 Å². The second-order valence-corrected chi connectivity index (χ2v) is 7.54. The molecule has 0 bridgehead atoms. The van der Waals surface area contributed by atoms with Crippen molar-refractivity contribution < 1.29 is 14.3 Å². The third-order valence-electron chi connectivity index (χ3n) is 4.94. The lowest BCUT2D eigenvalue weighted by Gasteiger charge is -2.26. The van der Waals surface area contributed by atoms with Crippen molar-refractivity contribution in [3.63, 3.8) is 0 Å². The number of halogens is 1. The number of carbonyl (C=O) groups excluding carboxylic acids is 1. The van der Waals surface area contributed by atoms with Crippen molar-refractivity contribution in [3.05, 3.63) is 35.3 Å². The minimum Gasteiger partial charge on any atom is -0.494 e. The number of thiazole rings is 1. The number of aromatic nitrogens is 1. The molecule has 6 nitrogen and oxygen atoms in total. The Balaban J connectivity index is 0.00000280. The molecule has 0 radical (unpaired) electrons. The van der Waals surface area contributed by atoms with Gasteiger partial charge in [0, 0.05) is 13.1 Å². The van der Waals surface area contributed by atoms with Gasteiger partial charge in [0.2, 0.25) is 5.76 Å². The van der Waals surface area contributed by atoms with Crippen LogP contribution in [0.5, 0.6) is 0 Å². The average Bonchev–Trinajstić information content (AvgIpc) is 3.13. The van der Waals surface area contributed by atoms with Gasteiger partial charge in [-0.3, -0.25) is 9.69 Å². The number of nitrogens with zero attached hydrogens (tertiary/aromatic N) is 3. The summed E-state index contributed by atoms with van der Waals surface area (Å²) in [6.07, 6.45) is 1.42. The fraction of sp³-hybridized carbons (Fsp3) is 0.500. The van der Waals surface area contributed by atoms with Crippen molar-refractivity contribution in [2.45, 2.75) is 27.7 Å². The standard InChI is InChI=1S/C20H27N3O3S.ClH/c1-5-22(6-2)9-10-23(19(24)16-13-25-11-12-26-16)20-21-18-15(4)14(3)7-8-17(18)27-20;/h7-8,13H,5-6,9-12H2,1-4H3;1H. The van der Waals surface area contributed by atoms with E-state index in [1.54, 1.807) is 4.90 Å². The Morgan fingerprint density at radius 2 is 1.93 bits per heavy atom. The van der Waals surface area contributed by atoms with Crippen LogP contribution in [0, 0.1) is 13.8 Å². The lowest BCUT2D eigenvalue weighted by atomic mass is 10.1. The van der Waals surface area contributed by atoms with Gasteiger partial charge in [0.15, 0.2) is 5.13 Å². The number of likely N-dealkylation sites (N-methyl/N-ethyl adjacent to an activating group) is 1. The summed E-state index contributed by atoms with van der Waals surface area (Å²) in [5, 5.41) is 0.700. The maximum absolute atomic E-state index is 13.1. The van der Waals surface area contributed by atoms with Crippen LogP contribution in [-0.4, -0.2) is 55.2 Å². The largest absolute Gasteiger partial charge is 0.494 e. The number of amides is 1. The normalized spacial score (nSPS) is 13.5. The van der Waals surface area contributed by atoms with Gasteiger partial charge in [-0.1, -0.05) is 31.3 Å². The first-order valence-electron chi connectivity index (χ1n) is 9.40. The lowest BCUT2D eigenvalue weighted by molar-refractivity contribution is -0.119. The molecule has 1 aromatic heterocycles. The van der Waals surface area contributed by atoms with Crippen molar-refractivity contribution in [2.75, 3.05) is 44.3 Å². The Labute approximate surface area is 176 Å². The van der Waals surface area contributed by atoms with Crippen LogP contribution in [-0.2, 0) is 14.3 Å². The Morgan fingerprint density at radius 1 is 1.18 bits per heavy atom. The number of aryl methyl sites for hydroxylation is 2. The smallest absolute Gasteiger partial charge is 0.298 e. The summed E-state index contributed by atoms with van der Waals surface area (Å²) in [6.45, 7) is 12.5. The molecule has 0 fully saturated rings. The zero-order valence-corrected chi connectivity index (χ0v) is 18.5. The summed E-state index contributed by atoms with van der Waals surface area (Å²) < 4.78 is 11.9. The Morgan fingerprint density at radius 3 is 2.57 bits per heavy atom. The number of carbonyl (C=O) groups is 1. The molecule has 0 saturated carbocycles. The predicted molar refractivity (Wildman–Crippen MR) is 116 cm³/mol.